The van der Waals surface area contributed by atoms with E-state index in [0.717, 1.165) is 12.0 Å². The molecule has 2 heteroatoms. The number of carbonyl (C=O) groups is 1. The van der Waals surface area contributed by atoms with Crippen molar-refractivity contribution in [1.82, 2.24) is 0 Å². The summed E-state index contributed by atoms with van der Waals surface area (Å²) in [6, 6.07) is 0. The molecule has 2 bridgehead atoms. The number of ether oxygens (including phenoxy) is 1. The van der Waals surface area contributed by atoms with Crippen molar-refractivity contribution in [3.05, 3.63) is 23.3 Å². The summed E-state index contributed by atoms with van der Waals surface area (Å²) >= 11 is 0. The quantitative estimate of drug-likeness (QED) is 0.478. The van der Waals surface area contributed by atoms with Crippen molar-refractivity contribution in [2.75, 3.05) is 6.61 Å². The number of hydrogen-bond donors (Lipinski definition) is 0. The highest BCUT2D eigenvalue weighted by atomic mass is 16.5. The van der Waals surface area contributed by atoms with Crippen molar-refractivity contribution in [1.29, 1.82) is 0 Å². The van der Waals surface area contributed by atoms with E-state index in [-0.39, 0.29) is 5.97 Å². The molecule has 0 aromatic carbocycles. The van der Waals surface area contributed by atoms with Gasteiger partial charge in [0.15, 0.2) is 0 Å². The standard InChI is InChI=1S/C11H14O2/c1-3-13-11(12)10-7(2)8-4-5-9(10)6-8/h4-5,8-9H,3,6H2,1-2H3/t8-,9+/m0/s1. The van der Waals surface area contributed by atoms with Crippen molar-refractivity contribution >= 4 is 5.97 Å². The van der Waals surface area contributed by atoms with Crippen LogP contribution in [0, 0.1) is 11.8 Å². The zero-order valence-corrected chi connectivity index (χ0v) is 8.04. The van der Waals surface area contributed by atoms with E-state index in [9.17, 15) is 4.79 Å². The molecule has 0 saturated carbocycles. The fourth-order valence-electron chi connectivity index (χ4n) is 2.25. The van der Waals surface area contributed by atoms with Crippen molar-refractivity contribution in [3.8, 4) is 0 Å². The third-order valence-corrected chi connectivity index (χ3v) is 2.93. The van der Waals surface area contributed by atoms with Crippen LogP contribution < -0.4 is 0 Å². The van der Waals surface area contributed by atoms with Crippen molar-refractivity contribution in [2.24, 2.45) is 11.8 Å². The molecule has 0 spiro atoms. The molecular formula is C11H14O2. The first-order chi connectivity index (χ1) is 6.24. The Labute approximate surface area is 78.3 Å². The Morgan fingerprint density at radius 2 is 2.23 bits per heavy atom. The van der Waals surface area contributed by atoms with Crippen molar-refractivity contribution < 1.29 is 9.53 Å². The van der Waals surface area contributed by atoms with Crippen LogP contribution in [-0.2, 0) is 9.53 Å². The number of fused-ring (bicyclic) bond motifs is 2. The zero-order chi connectivity index (χ0) is 9.42. The average Bonchev–Trinajstić information content (AvgIpc) is 2.63. The molecule has 0 N–H and O–H groups in total. The summed E-state index contributed by atoms with van der Waals surface area (Å²) in [5, 5.41) is 0. The lowest BCUT2D eigenvalue weighted by molar-refractivity contribution is -0.138. The highest BCUT2D eigenvalue weighted by molar-refractivity contribution is 5.91. The first-order valence-corrected chi connectivity index (χ1v) is 4.80. The molecule has 0 aromatic heterocycles. The fourth-order valence-corrected chi connectivity index (χ4v) is 2.25. The summed E-state index contributed by atoms with van der Waals surface area (Å²) in [7, 11) is 0. The van der Waals surface area contributed by atoms with Gasteiger partial charge in [0.25, 0.3) is 0 Å². The summed E-state index contributed by atoms with van der Waals surface area (Å²) in [5.74, 6) is 0.727. The van der Waals surface area contributed by atoms with Gasteiger partial charge in [-0.25, -0.2) is 4.79 Å². The topological polar surface area (TPSA) is 26.3 Å². The van der Waals surface area contributed by atoms with E-state index in [1.807, 2.05) is 13.8 Å². The molecule has 0 amide bonds. The zero-order valence-electron chi connectivity index (χ0n) is 8.04. The molecule has 0 aromatic rings. The lowest BCUT2D eigenvalue weighted by Gasteiger charge is -2.11. The number of esters is 1. The van der Waals surface area contributed by atoms with Gasteiger partial charge in [0.1, 0.15) is 0 Å². The summed E-state index contributed by atoms with van der Waals surface area (Å²) in [4.78, 5) is 11.5. The minimum atomic E-state index is -0.114. The van der Waals surface area contributed by atoms with Gasteiger partial charge < -0.3 is 4.74 Å². The second-order valence-corrected chi connectivity index (χ2v) is 3.65. The third kappa shape index (κ3) is 1.21. The molecule has 2 aliphatic rings. The Balaban J connectivity index is 2.20. The molecule has 0 radical (unpaired) electrons. The van der Waals surface area contributed by atoms with Crippen molar-refractivity contribution in [2.45, 2.75) is 20.3 Å². The van der Waals surface area contributed by atoms with Crippen molar-refractivity contribution in [3.63, 3.8) is 0 Å². The van der Waals surface area contributed by atoms with Crippen LogP contribution >= 0.6 is 0 Å². The summed E-state index contributed by atoms with van der Waals surface area (Å²) in [5.41, 5.74) is 2.13. The van der Waals surface area contributed by atoms with Gasteiger partial charge >= 0.3 is 5.97 Å². The summed E-state index contributed by atoms with van der Waals surface area (Å²) in [6.45, 7) is 4.36. The van der Waals surface area contributed by atoms with Gasteiger partial charge in [-0.1, -0.05) is 17.7 Å². The van der Waals surface area contributed by atoms with Crippen LogP contribution in [0.15, 0.2) is 23.3 Å². The number of carbonyl (C=O) groups excluding carboxylic acids is 1. The Morgan fingerprint density at radius 1 is 1.54 bits per heavy atom. The van der Waals surface area contributed by atoms with Gasteiger partial charge in [-0.3, -0.25) is 0 Å². The molecule has 0 fully saturated rings. The van der Waals surface area contributed by atoms with Crippen LogP contribution in [0.25, 0.3) is 0 Å². The van der Waals surface area contributed by atoms with E-state index in [2.05, 4.69) is 12.2 Å². The largest absolute Gasteiger partial charge is 0.463 e. The Bertz CT molecular complexity index is 299. The van der Waals surface area contributed by atoms with Crippen LogP contribution in [0.5, 0.6) is 0 Å². The fraction of sp³-hybridized carbons (Fsp3) is 0.545. The van der Waals surface area contributed by atoms with Gasteiger partial charge in [-0.05, 0) is 26.2 Å². The number of allylic oxidation sites excluding steroid dienone is 3. The lowest BCUT2D eigenvalue weighted by Crippen LogP contribution is -2.13. The second-order valence-electron chi connectivity index (χ2n) is 3.65. The molecule has 0 aliphatic heterocycles. The van der Waals surface area contributed by atoms with E-state index in [1.54, 1.807) is 0 Å². The minimum Gasteiger partial charge on any atom is -0.463 e. The van der Waals surface area contributed by atoms with Crippen LogP contribution in [0.2, 0.25) is 0 Å². The van der Waals surface area contributed by atoms with E-state index < -0.39 is 0 Å². The Kier molecular flexibility index (Phi) is 1.98. The molecule has 0 saturated heterocycles. The molecule has 0 heterocycles. The van der Waals surface area contributed by atoms with Crippen LogP contribution in [0.3, 0.4) is 0 Å². The smallest absolute Gasteiger partial charge is 0.334 e. The first-order valence-electron chi connectivity index (χ1n) is 4.80. The monoisotopic (exact) mass is 178 g/mol. The summed E-state index contributed by atoms with van der Waals surface area (Å²) in [6.07, 6.45) is 5.41. The molecule has 13 heavy (non-hydrogen) atoms. The Morgan fingerprint density at radius 3 is 2.77 bits per heavy atom. The molecular weight excluding hydrogens is 164 g/mol. The average molecular weight is 178 g/mol. The molecule has 70 valence electrons. The number of rotatable bonds is 2. The van der Waals surface area contributed by atoms with Crippen LogP contribution in [-0.4, -0.2) is 12.6 Å². The van der Waals surface area contributed by atoms with E-state index in [4.69, 9.17) is 4.74 Å². The van der Waals surface area contributed by atoms with E-state index in [1.165, 1.54) is 5.57 Å². The van der Waals surface area contributed by atoms with Gasteiger partial charge in [-0.15, -0.1) is 0 Å². The van der Waals surface area contributed by atoms with Gasteiger partial charge in [-0.2, -0.15) is 0 Å². The Hall–Kier alpha value is -1.05. The highest BCUT2D eigenvalue weighted by Crippen LogP contribution is 2.43. The van der Waals surface area contributed by atoms with Gasteiger partial charge in [0.05, 0.1) is 6.61 Å². The van der Waals surface area contributed by atoms with E-state index in [0.29, 0.717) is 18.4 Å². The molecule has 2 atom stereocenters. The maximum Gasteiger partial charge on any atom is 0.334 e. The SMILES string of the molecule is CCOC(=O)C1=C(C)[C@H]2C=C[C@@H]1C2. The van der Waals surface area contributed by atoms with E-state index >= 15 is 0 Å². The first kappa shape index (κ1) is 8.54. The third-order valence-electron chi connectivity index (χ3n) is 2.93. The van der Waals surface area contributed by atoms with Crippen LogP contribution in [0.1, 0.15) is 20.3 Å². The highest BCUT2D eigenvalue weighted by Gasteiger charge is 2.36. The van der Waals surface area contributed by atoms with Gasteiger partial charge in [0.2, 0.25) is 0 Å². The maximum atomic E-state index is 11.5. The number of hydrogen-bond acceptors (Lipinski definition) is 2. The van der Waals surface area contributed by atoms with Gasteiger partial charge in [0, 0.05) is 11.5 Å². The maximum absolute atomic E-state index is 11.5. The minimum absolute atomic E-state index is 0.114. The predicted molar refractivity (Wildman–Crippen MR) is 50.1 cm³/mol. The molecule has 2 rings (SSSR count). The molecule has 2 aliphatic carbocycles. The molecule has 2 nitrogen and oxygen atoms in total. The summed E-state index contributed by atoms with van der Waals surface area (Å²) < 4.78 is 5.02. The lowest BCUT2D eigenvalue weighted by atomic mass is 9.98. The molecule has 0 unspecified atom stereocenters. The second kappa shape index (κ2) is 3.02. The predicted octanol–water partition coefficient (Wildman–Crippen LogP) is 2.07. The normalized spacial score (nSPS) is 30.0. The van der Waals surface area contributed by atoms with Crippen LogP contribution in [0.4, 0.5) is 0 Å².